The number of nitrogens with zero attached hydrogens (tertiary/aromatic N) is 1. The molecule has 0 aliphatic rings. The van der Waals surface area contributed by atoms with Crippen molar-refractivity contribution >= 4 is 6.08 Å². The van der Waals surface area contributed by atoms with Gasteiger partial charge in [0.1, 0.15) is 17.1 Å². The van der Waals surface area contributed by atoms with Gasteiger partial charge in [-0.05, 0) is 32.9 Å². The van der Waals surface area contributed by atoms with Crippen LogP contribution in [-0.4, -0.2) is 6.08 Å². The maximum absolute atomic E-state index is 10.4. The summed E-state index contributed by atoms with van der Waals surface area (Å²) in [5.74, 6) is 1.43. The van der Waals surface area contributed by atoms with Gasteiger partial charge in [-0.25, -0.2) is 4.79 Å². The fraction of sp³-hybridized carbons (Fsp3) is 0.267. The van der Waals surface area contributed by atoms with Gasteiger partial charge in [-0.15, -0.1) is 0 Å². The summed E-state index contributed by atoms with van der Waals surface area (Å²) in [5, 5.41) is 0. The molecule has 3 nitrogen and oxygen atoms in total. The van der Waals surface area contributed by atoms with Gasteiger partial charge in [0.05, 0.1) is 0 Å². The van der Waals surface area contributed by atoms with Gasteiger partial charge in [0.15, 0.2) is 0 Å². The highest BCUT2D eigenvalue weighted by atomic mass is 16.3. The minimum atomic E-state index is -0.676. The average molecular weight is 241 g/mol. The quantitative estimate of drug-likeness (QED) is 0.605. The summed E-state index contributed by atoms with van der Waals surface area (Å²) in [4.78, 5) is 14.1. The van der Waals surface area contributed by atoms with Gasteiger partial charge in [0, 0.05) is 5.56 Å². The first-order chi connectivity index (χ1) is 8.53. The number of aryl methyl sites for hydroxylation is 1. The van der Waals surface area contributed by atoms with Gasteiger partial charge in [0.25, 0.3) is 0 Å². The molecular weight excluding hydrogens is 226 g/mol. The second-order valence-electron chi connectivity index (χ2n) is 4.79. The van der Waals surface area contributed by atoms with Crippen LogP contribution in [0.1, 0.15) is 25.2 Å². The number of hydrogen-bond donors (Lipinski definition) is 0. The summed E-state index contributed by atoms with van der Waals surface area (Å²) in [6.45, 7) is 5.67. The van der Waals surface area contributed by atoms with E-state index in [0.717, 1.165) is 11.3 Å². The first kappa shape index (κ1) is 12.3. The van der Waals surface area contributed by atoms with E-state index in [1.165, 1.54) is 5.56 Å². The van der Waals surface area contributed by atoms with Crippen molar-refractivity contribution in [3.05, 3.63) is 47.7 Å². The molecule has 1 aromatic heterocycles. The normalized spacial score (nSPS) is 11.1. The minimum Gasteiger partial charge on any atom is -0.458 e. The van der Waals surface area contributed by atoms with Crippen molar-refractivity contribution in [2.75, 3.05) is 0 Å². The molecule has 0 bridgehead atoms. The fourth-order valence-electron chi connectivity index (χ4n) is 1.71. The van der Waals surface area contributed by atoms with E-state index < -0.39 is 5.54 Å². The maximum Gasteiger partial charge on any atom is 0.235 e. The van der Waals surface area contributed by atoms with Crippen LogP contribution in [0.15, 0.2) is 45.8 Å². The van der Waals surface area contributed by atoms with Crippen LogP contribution < -0.4 is 0 Å². The van der Waals surface area contributed by atoms with E-state index in [9.17, 15) is 4.79 Å². The molecule has 0 radical (unpaired) electrons. The molecule has 0 aliphatic heterocycles. The summed E-state index contributed by atoms with van der Waals surface area (Å²) >= 11 is 0. The van der Waals surface area contributed by atoms with Crippen molar-refractivity contribution in [3.63, 3.8) is 0 Å². The van der Waals surface area contributed by atoms with Crippen LogP contribution in [0.2, 0.25) is 0 Å². The Morgan fingerprint density at radius 2 is 1.78 bits per heavy atom. The molecule has 0 N–H and O–H groups in total. The lowest BCUT2D eigenvalue weighted by molar-refractivity contribution is 0.401. The lowest BCUT2D eigenvalue weighted by atomic mass is 10.0. The Morgan fingerprint density at radius 3 is 2.39 bits per heavy atom. The zero-order valence-corrected chi connectivity index (χ0v) is 10.7. The first-order valence-corrected chi connectivity index (χ1v) is 5.79. The summed E-state index contributed by atoms with van der Waals surface area (Å²) in [5.41, 5.74) is 1.54. The van der Waals surface area contributed by atoms with Crippen LogP contribution >= 0.6 is 0 Å². The molecule has 2 rings (SSSR count). The largest absolute Gasteiger partial charge is 0.458 e. The molecule has 0 atom stereocenters. The molecular formula is C15H15NO2. The Balaban J connectivity index is 2.36. The molecule has 0 fully saturated rings. The van der Waals surface area contributed by atoms with Crippen LogP contribution in [0, 0.1) is 6.92 Å². The van der Waals surface area contributed by atoms with Crippen LogP contribution in [-0.2, 0) is 10.3 Å². The monoisotopic (exact) mass is 241 g/mol. The van der Waals surface area contributed by atoms with Gasteiger partial charge in [-0.2, -0.15) is 4.99 Å². The molecule has 0 amide bonds. The number of carbonyl (C=O) groups excluding carboxylic acids is 1. The maximum atomic E-state index is 10.4. The van der Waals surface area contributed by atoms with Gasteiger partial charge in [-0.1, -0.05) is 29.8 Å². The standard InChI is InChI=1S/C15H15NO2/c1-11-4-6-12(7-5-11)13-8-9-14(18-13)15(2,3)16-10-17/h4-9H,1-3H3. The molecule has 0 unspecified atom stereocenters. The predicted molar refractivity (Wildman–Crippen MR) is 70.0 cm³/mol. The summed E-state index contributed by atoms with van der Waals surface area (Å²) in [6.07, 6.45) is 1.58. The van der Waals surface area contributed by atoms with E-state index >= 15 is 0 Å². The Labute approximate surface area is 106 Å². The van der Waals surface area contributed by atoms with Crippen LogP contribution in [0.5, 0.6) is 0 Å². The third-order valence-corrected chi connectivity index (χ3v) is 2.87. The van der Waals surface area contributed by atoms with Gasteiger partial charge in [-0.3, -0.25) is 0 Å². The van der Waals surface area contributed by atoms with E-state index in [1.807, 2.05) is 57.2 Å². The molecule has 0 saturated carbocycles. The van der Waals surface area contributed by atoms with Crippen LogP contribution in [0.4, 0.5) is 0 Å². The van der Waals surface area contributed by atoms with Gasteiger partial charge >= 0.3 is 0 Å². The van der Waals surface area contributed by atoms with Crippen LogP contribution in [0.25, 0.3) is 11.3 Å². The second kappa shape index (κ2) is 4.63. The number of isocyanates is 1. The van der Waals surface area contributed by atoms with Gasteiger partial charge < -0.3 is 4.42 Å². The van der Waals surface area contributed by atoms with Crippen molar-refractivity contribution in [3.8, 4) is 11.3 Å². The van der Waals surface area contributed by atoms with Crippen molar-refractivity contribution < 1.29 is 9.21 Å². The Kier molecular flexibility index (Phi) is 3.17. The molecule has 0 spiro atoms. The molecule has 1 aromatic carbocycles. The molecule has 0 aliphatic carbocycles. The Bertz CT molecular complexity index is 587. The first-order valence-electron chi connectivity index (χ1n) is 5.79. The minimum absolute atomic E-state index is 0.654. The molecule has 1 heterocycles. The van der Waals surface area contributed by atoms with Crippen molar-refractivity contribution in [1.82, 2.24) is 0 Å². The third-order valence-electron chi connectivity index (χ3n) is 2.87. The highest BCUT2D eigenvalue weighted by Crippen LogP contribution is 2.30. The van der Waals surface area contributed by atoms with E-state index in [2.05, 4.69) is 4.99 Å². The van der Waals surface area contributed by atoms with E-state index in [-0.39, 0.29) is 0 Å². The fourth-order valence-corrected chi connectivity index (χ4v) is 1.71. The van der Waals surface area contributed by atoms with Crippen molar-refractivity contribution in [1.29, 1.82) is 0 Å². The molecule has 92 valence electrons. The molecule has 2 aromatic rings. The van der Waals surface area contributed by atoms with Gasteiger partial charge in [0.2, 0.25) is 6.08 Å². The van der Waals surface area contributed by atoms with E-state index in [4.69, 9.17) is 4.42 Å². The number of benzene rings is 1. The summed E-state index contributed by atoms with van der Waals surface area (Å²) in [7, 11) is 0. The third kappa shape index (κ3) is 2.41. The predicted octanol–water partition coefficient (Wildman–Crippen LogP) is 3.83. The van der Waals surface area contributed by atoms with Crippen molar-refractivity contribution in [2.45, 2.75) is 26.3 Å². The average Bonchev–Trinajstić information content (AvgIpc) is 2.80. The zero-order chi connectivity index (χ0) is 13.2. The number of aliphatic imine (C=N–C) groups is 1. The van der Waals surface area contributed by atoms with E-state index in [1.54, 1.807) is 6.08 Å². The van der Waals surface area contributed by atoms with Crippen molar-refractivity contribution in [2.24, 2.45) is 4.99 Å². The zero-order valence-electron chi connectivity index (χ0n) is 10.7. The number of hydrogen-bond acceptors (Lipinski definition) is 3. The highest BCUT2D eigenvalue weighted by molar-refractivity contribution is 5.58. The lowest BCUT2D eigenvalue weighted by Gasteiger charge is -2.13. The Morgan fingerprint density at radius 1 is 1.11 bits per heavy atom. The number of furan rings is 1. The SMILES string of the molecule is Cc1ccc(-c2ccc(C(C)(C)N=C=O)o2)cc1. The molecule has 18 heavy (non-hydrogen) atoms. The lowest BCUT2D eigenvalue weighted by Crippen LogP contribution is -2.11. The van der Waals surface area contributed by atoms with Crippen LogP contribution in [0.3, 0.4) is 0 Å². The number of rotatable bonds is 3. The molecule has 3 heteroatoms. The van der Waals surface area contributed by atoms with E-state index in [0.29, 0.717) is 5.76 Å². The molecule has 0 saturated heterocycles. The smallest absolute Gasteiger partial charge is 0.235 e. The highest BCUT2D eigenvalue weighted by Gasteiger charge is 2.23. The topological polar surface area (TPSA) is 42.6 Å². The second-order valence-corrected chi connectivity index (χ2v) is 4.79. The Hall–Kier alpha value is -2.12. The summed E-state index contributed by atoms with van der Waals surface area (Å²) in [6, 6.07) is 11.8. The summed E-state index contributed by atoms with van der Waals surface area (Å²) < 4.78 is 5.75.